The molecule has 2 amide bonds. The number of amides is 2. The summed E-state index contributed by atoms with van der Waals surface area (Å²) < 4.78 is -0.378. The Morgan fingerprint density at radius 2 is 1.57 bits per heavy atom. The maximum absolute atomic E-state index is 11.5. The molecule has 4 aliphatic heterocycles. The third kappa shape index (κ3) is 3.01. The summed E-state index contributed by atoms with van der Waals surface area (Å²) in [6, 6.07) is -1.47. The van der Waals surface area contributed by atoms with Crippen LogP contribution in [0.25, 0.3) is 0 Å². The Bertz CT molecular complexity index is 769. The molecule has 0 bridgehead atoms. The summed E-state index contributed by atoms with van der Waals surface area (Å²) >= 11 is 3.19. The lowest BCUT2D eigenvalue weighted by molar-refractivity contribution is -0.162. The van der Waals surface area contributed by atoms with Crippen molar-refractivity contribution in [1.29, 1.82) is 0 Å². The highest BCUT2D eigenvalue weighted by atomic mass is 32.2. The van der Waals surface area contributed by atoms with Crippen molar-refractivity contribution in [1.82, 2.24) is 9.80 Å². The molecule has 8 nitrogen and oxygen atoms in total. The van der Waals surface area contributed by atoms with Gasteiger partial charge in [0, 0.05) is 10.5 Å². The van der Waals surface area contributed by atoms with Gasteiger partial charge in [0.15, 0.2) is 6.04 Å². The van der Waals surface area contributed by atoms with Gasteiger partial charge in [-0.25, -0.2) is 9.59 Å². The van der Waals surface area contributed by atoms with E-state index in [4.69, 9.17) is 10.2 Å². The molecule has 0 aromatic heterocycles. The average molecular weight is 429 g/mol. The van der Waals surface area contributed by atoms with Gasteiger partial charge in [0.05, 0.1) is 22.6 Å². The first kappa shape index (κ1) is 21.0. The van der Waals surface area contributed by atoms with Crippen molar-refractivity contribution in [2.45, 2.75) is 55.3 Å². The van der Waals surface area contributed by atoms with Crippen molar-refractivity contribution < 1.29 is 29.4 Å². The van der Waals surface area contributed by atoms with E-state index in [0.717, 1.165) is 0 Å². The van der Waals surface area contributed by atoms with Crippen LogP contribution in [-0.4, -0.2) is 77.1 Å². The number of carbonyl (C=O) groups is 4. The van der Waals surface area contributed by atoms with Crippen molar-refractivity contribution in [3.63, 3.8) is 0 Å². The molecule has 4 saturated heterocycles. The number of aliphatic carboxylic acids is 2. The molecule has 0 aromatic rings. The Morgan fingerprint density at radius 1 is 1.04 bits per heavy atom. The minimum absolute atomic E-state index is 0.0244. The fourth-order valence-electron chi connectivity index (χ4n) is 4.10. The smallest absolute Gasteiger partial charge is 0.330 e. The van der Waals surface area contributed by atoms with Crippen molar-refractivity contribution in [3.05, 3.63) is 12.2 Å². The summed E-state index contributed by atoms with van der Waals surface area (Å²) in [5.74, 6) is -1.41. The van der Waals surface area contributed by atoms with Gasteiger partial charge in [-0.2, -0.15) is 0 Å². The van der Waals surface area contributed by atoms with Gasteiger partial charge in [0.2, 0.25) is 11.8 Å². The van der Waals surface area contributed by atoms with Gasteiger partial charge in [-0.3, -0.25) is 9.59 Å². The van der Waals surface area contributed by atoms with Gasteiger partial charge in [-0.05, 0) is 19.4 Å². The zero-order valence-corrected chi connectivity index (χ0v) is 17.7. The number of carbonyl (C=O) groups excluding carboxylic acids is 2. The second-order valence-corrected chi connectivity index (χ2v) is 10.9. The number of fused-ring (bicyclic) bond motifs is 2. The molecule has 0 aromatic carbocycles. The Kier molecular flexibility index (Phi) is 5.24. The van der Waals surface area contributed by atoms with Gasteiger partial charge in [0.25, 0.3) is 0 Å². The van der Waals surface area contributed by atoms with Crippen LogP contribution in [0.15, 0.2) is 12.2 Å². The first-order valence-electron chi connectivity index (χ1n) is 8.97. The summed E-state index contributed by atoms with van der Waals surface area (Å²) in [7, 11) is 0. The molecule has 154 valence electrons. The maximum atomic E-state index is 11.5. The third-order valence-electron chi connectivity index (χ3n) is 5.63. The molecule has 4 heterocycles. The Morgan fingerprint density at radius 3 is 2.11 bits per heavy atom. The summed E-state index contributed by atoms with van der Waals surface area (Å²) in [4.78, 5) is 47.9. The lowest BCUT2D eigenvalue weighted by atomic mass is 9.93. The minimum atomic E-state index is -0.972. The van der Waals surface area contributed by atoms with Crippen LogP contribution in [0, 0.1) is 11.8 Å². The SMILES string of the molecule is C=C1CS[C@@H]2[C@H](C)C(=O)N2C1C(=O)O.C[C@@H]1C(=O)N2[C@@H]1SC(C)(C)[C@@H]2C(=O)O. The number of thioether (sulfide) groups is 2. The van der Waals surface area contributed by atoms with Crippen molar-refractivity contribution in [2.75, 3.05) is 5.75 Å². The molecule has 28 heavy (non-hydrogen) atoms. The van der Waals surface area contributed by atoms with Crippen LogP contribution in [0.2, 0.25) is 0 Å². The third-order valence-corrected chi connectivity index (χ3v) is 8.85. The van der Waals surface area contributed by atoms with Gasteiger partial charge in [-0.15, -0.1) is 23.5 Å². The van der Waals surface area contributed by atoms with Crippen LogP contribution in [0.1, 0.15) is 27.7 Å². The van der Waals surface area contributed by atoms with E-state index in [1.807, 2.05) is 27.7 Å². The molecule has 6 atom stereocenters. The van der Waals surface area contributed by atoms with E-state index in [0.29, 0.717) is 11.3 Å². The monoisotopic (exact) mass is 428 g/mol. The number of carboxylic acids is 2. The fraction of sp³-hybridized carbons (Fsp3) is 0.667. The molecule has 4 aliphatic rings. The lowest BCUT2D eigenvalue weighted by Crippen LogP contribution is -2.66. The Balaban J connectivity index is 0.000000161. The van der Waals surface area contributed by atoms with E-state index >= 15 is 0 Å². The van der Waals surface area contributed by atoms with E-state index in [2.05, 4.69) is 6.58 Å². The molecule has 0 saturated carbocycles. The largest absolute Gasteiger partial charge is 0.480 e. The number of rotatable bonds is 2. The van der Waals surface area contributed by atoms with Crippen LogP contribution >= 0.6 is 23.5 Å². The molecule has 0 radical (unpaired) electrons. The first-order valence-corrected chi connectivity index (χ1v) is 10.9. The normalized spacial score (nSPS) is 37.8. The molecule has 10 heteroatoms. The zero-order valence-electron chi connectivity index (χ0n) is 16.1. The van der Waals surface area contributed by atoms with E-state index < -0.39 is 24.0 Å². The second-order valence-electron chi connectivity index (χ2n) is 8.02. The Hall–Kier alpha value is -1.68. The molecule has 0 aliphatic carbocycles. The van der Waals surface area contributed by atoms with E-state index in [1.54, 1.807) is 23.5 Å². The summed E-state index contributed by atoms with van der Waals surface area (Å²) in [5, 5.41) is 18.1. The standard InChI is InChI=1S/C9H13NO3S.C9H11NO3S/c1-4-6(11)10-5(8(12)13)9(2,3)14-7(4)10;1-4-3-14-8-5(2)7(11)10(8)6(4)9(12)13/h4-5,7H,1-3H3,(H,12,13);5-6,8H,1,3H2,2H3,(H,12,13)/t4-,5+,7-;5-,6?,8-/m11/s1. The number of hydrogen-bond donors (Lipinski definition) is 2. The number of hydrogen-bond acceptors (Lipinski definition) is 6. The maximum Gasteiger partial charge on any atom is 0.330 e. The molecule has 0 spiro atoms. The van der Waals surface area contributed by atoms with Crippen LogP contribution in [0.3, 0.4) is 0 Å². The van der Waals surface area contributed by atoms with Gasteiger partial charge < -0.3 is 20.0 Å². The number of carboxylic acid groups (broad SMARTS) is 2. The Labute approximate surface area is 171 Å². The van der Waals surface area contributed by atoms with Gasteiger partial charge >= 0.3 is 11.9 Å². The highest BCUT2D eigenvalue weighted by molar-refractivity contribution is 8.01. The summed E-state index contributed by atoms with van der Waals surface area (Å²) in [6.07, 6.45) is 0. The van der Waals surface area contributed by atoms with Gasteiger partial charge in [0.1, 0.15) is 6.04 Å². The predicted molar refractivity (Wildman–Crippen MR) is 106 cm³/mol. The van der Waals surface area contributed by atoms with Crippen LogP contribution in [-0.2, 0) is 19.2 Å². The number of β-lactam (4-membered cyclic amide) rings is 2. The average Bonchev–Trinajstić information content (AvgIpc) is 2.89. The topological polar surface area (TPSA) is 115 Å². The van der Waals surface area contributed by atoms with E-state index in [-0.39, 0.29) is 39.1 Å². The molecule has 4 rings (SSSR count). The predicted octanol–water partition coefficient (Wildman–Crippen LogP) is 1.32. The molecular formula is C18H24N2O6S2. The van der Waals surface area contributed by atoms with Crippen LogP contribution in [0.4, 0.5) is 0 Å². The molecule has 4 fully saturated rings. The highest BCUT2D eigenvalue weighted by Gasteiger charge is 2.62. The fourth-order valence-corrected chi connectivity index (χ4v) is 7.06. The highest BCUT2D eigenvalue weighted by Crippen LogP contribution is 2.52. The quantitative estimate of drug-likeness (QED) is 0.500. The van der Waals surface area contributed by atoms with E-state index in [1.165, 1.54) is 9.80 Å². The minimum Gasteiger partial charge on any atom is -0.480 e. The zero-order chi connectivity index (χ0) is 21.1. The number of nitrogens with zero attached hydrogens (tertiary/aromatic N) is 2. The second kappa shape index (κ2) is 6.98. The molecule has 2 N–H and O–H groups in total. The van der Waals surface area contributed by atoms with Gasteiger partial charge in [-0.1, -0.05) is 20.4 Å². The van der Waals surface area contributed by atoms with Crippen LogP contribution < -0.4 is 0 Å². The first-order chi connectivity index (χ1) is 12.9. The lowest BCUT2D eigenvalue weighted by Gasteiger charge is -2.51. The summed E-state index contributed by atoms with van der Waals surface area (Å²) in [6.45, 7) is 11.2. The molecular weight excluding hydrogens is 404 g/mol. The van der Waals surface area contributed by atoms with Crippen molar-refractivity contribution in [2.24, 2.45) is 11.8 Å². The van der Waals surface area contributed by atoms with E-state index in [9.17, 15) is 19.2 Å². The van der Waals surface area contributed by atoms with Crippen molar-refractivity contribution >= 4 is 47.3 Å². The summed E-state index contributed by atoms with van der Waals surface area (Å²) in [5.41, 5.74) is 0.610. The van der Waals surface area contributed by atoms with Crippen molar-refractivity contribution in [3.8, 4) is 0 Å². The van der Waals surface area contributed by atoms with Crippen LogP contribution in [0.5, 0.6) is 0 Å². The molecule has 1 unspecified atom stereocenters.